The van der Waals surface area contributed by atoms with Crippen LogP contribution >= 0.6 is 0 Å². The average molecular weight is 476 g/mol. The van der Waals surface area contributed by atoms with E-state index in [9.17, 15) is 14.0 Å². The van der Waals surface area contributed by atoms with Crippen LogP contribution in [0.2, 0.25) is 0 Å². The number of pyridine rings is 1. The first-order valence-corrected chi connectivity index (χ1v) is 11.2. The van der Waals surface area contributed by atoms with E-state index in [0.29, 0.717) is 34.9 Å². The van der Waals surface area contributed by atoms with Crippen LogP contribution in [-0.4, -0.2) is 29.6 Å². The van der Waals surface area contributed by atoms with Crippen LogP contribution in [0.3, 0.4) is 0 Å². The van der Waals surface area contributed by atoms with Crippen LogP contribution in [0.15, 0.2) is 77.6 Å². The van der Waals surface area contributed by atoms with Gasteiger partial charge in [0.15, 0.2) is 0 Å². The van der Waals surface area contributed by atoms with Gasteiger partial charge in [-0.05, 0) is 73.2 Å². The van der Waals surface area contributed by atoms with Crippen LogP contribution in [0, 0.1) is 5.82 Å². The van der Waals surface area contributed by atoms with Gasteiger partial charge in [-0.1, -0.05) is 12.1 Å². The summed E-state index contributed by atoms with van der Waals surface area (Å²) in [5, 5.41) is 3.58. The van der Waals surface area contributed by atoms with Crippen molar-refractivity contribution in [2.24, 2.45) is 0 Å². The highest BCUT2D eigenvalue weighted by molar-refractivity contribution is 5.89. The van der Waals surface area contributed by atoms with E-state index in [1.165, 1.54) is 29.2 Å². The smallest absolute Gasteiger partial charge is 0.322 e. The van der Waals surface area contributed by atoms with Gasteiger partial charge in [-0.3, -0.25) is 4.79 Å². The zero-order valence-corrected chi connectivity index (χ0v) is 19.5. The molecule has 8 heteroatoms. The minimum atomic E-state index is -0.421. The standard InChI is InChI=1S/C27H26FN3O4/c1-3-35-24-12-13-25-19(15-24)14-20(26(32)30-25)17-31(16-18-4-10-23(34-2)11-5-18)27(33)29-22-8-6-21(28)7-9-22/h4-15H,3,16-17H2,1-2H3,(H,29,33)(H,30,32). The quantitative estimate of drug-likeness (QED) is 0.362. The largest absolute Gasteiger partial charge is 0.497 e. The van der Waals surface area contributed by atoms with E-state index in [1.807, 2.05) is 37.3 Å². The van der Waals surface area contributed by atoms with Crippen LogP contribution in [0.5, 0.6) is 11.5 Å². The number of aromatic amines is 1. The summed E-state index contributed by atoms with van der Waals surface area (Å²) in [6.45, 7) is 2.73. The molecular formula is C27H26FN3O4. The molecule has 2 amide bonds. The first kappa shape index (κ1) is 23.8. The maximum atomic E-state index is 13.3. The molecule has 4 rings (SSSR count). The lowest BCUT2D eigenvalue weighted by Crippen LogP contribution is -2.35. The van der Waals surface area contributed by atoms with Gasteiger partial charge >= 0.3 is 6.03 Å². The van der Waals surface area contributed by atoms with E-state index in [2.05, 4.69) is 10.3 Å². The fraction of sp³-hybridized carbons (Fsp3) is 0.185. The van der Waals surface area contributed by atoms with Gasteiger partial charge in [0.05, 0.1) is 20.3 Å². The molecule has 7 nitrogen and oxygen atoms in total. The average Bonchev–Trinajstić information content (AvgIpc) is 2.86. The SMILES string of the molecule is CCOc1ccc2[nH]c(=O)c(CN(Cc3ccc(OC)cc3)C(=O)Nc3ccc(F)cc3)cc2c1. The highest BCUT2D eigenvalue weighted by Crippen LogP contribution is 2.21. The minimum absolute atomic E-state index is 0.0587. The van der Waals surface area contributed by atoms with Gasteiger partial charge in [-0.25, -0.2) is 9.18 Å². The van der Waals surface area contributed by atoms with Gasteiger partial charge < -0.3 is 24.7 Å². The summed E-state index contributed by atoms with van der Waals surface area (Å²) in [5.74, 6) is 1.00. The molecule has 4 aromatic rings. The Morgan fingerprint density at radius 2 is 1.69 bits per heavy atom. The Hall–Kier alpha value is -4.33. The summed E-state index contributed by atoms with van der Waals surface area (Å²) < 4.78 is 24.1. The molecule has 0 unspecified atom stereocenters. The third-order valence-corrected chi connectivity index (χ3v) is 5.48. The van der Waals surface area contributed by atoms with E-state index in [-0.39, 0.29) is 18.6 Å². The molecule has 0 aliphatic carbocycles. The van der Waals surface area contributed by atoms with Crippen molar-refractivity contribution in [1.29, 1.82) is 0 Å². The molecule has 1 heterocycles. The molecule has 0 bridgehead atoms. The molecule has 0 aliphatic rings. The van der Waals surface area contributed by atoms with Crippen LogP contribution in [0.1, 0.15) is 18.1 Å². The Morgan fingerprint density at radius 3 is 2.37 bits per heavy atom. The molecule has 2 N–H and O–H groups in total. The number of methoxy groups -OCH3 is 1. The molecule has 0 radical (unpaired) electrons. The number of H-pyrrole nitrogens is 1. The van der Waals surface area contributed by atoms with Crippen molar-refractivity contribution < 1.29 is 18.7 Å². The Morgan fingerprint density at radius 1 is 0.971 bits per heavy atom. The highest BCUT2D eigenvalue weighted by atomic mass is 19.1. The zero-order valence-electron chi connectivity index (χ0n) is 19.5. The predicted molar refractivity (Wildman–Crippen MR) is 133 cm³/mol. The second-order valence-electron chi connectivity index (χ2n) is 7.95. The lowest BCUT2D eigenvalue weighted by atomic mass is 10.1. The van der Waals surface area contributed by atoms with E-state index >= 15 is 0 Å². The Bertz CT molecular complexity index is 1370. The third kappa shape index (κ3) is 5.97. The molecule has 0 fully saturated rings. The molecule has 35 heavy (non-hydrogen) atoms. The van der Waals surface area contributed by atoms with Gasteiger partial charge in [0.2, 0.25) is 0 Å². The van der Waals surface area contributed by atoms with Gasteiger partial charge in [0, 0.05) is 28.7 Å². The maximum absolute atomic E-state index is 13.3. The monoisotopic (exact) mass is 475 g/mol. The second-order valence-corrected chi connectivity index (χ2v) is 7.95. The summed E-state index contributed by atoms with van der Waals surface area (Å²) in [6.07, 6.45) is 0. The van der Waals surface area contributed by atoms with E-state index in [1.54, 1.807) is 25.3 Å². The number of hydrogen-bond donors (Lipinski definition) is 2. The first-order chi connectivity index (χ1) is 16.9. The topological polar surface area (TPSA) is 83.7 Å². The van der Waals surface area contributed by atoms with Crippen molar-refractivity contribution >= 4 is 22.6 Å². The number of carbonyl (C=O) groups excluding carboxylic acids is 1. The number of carbonyl (C=O) groups is 1. The molecule has 0 aliphatic heterocycles. The number of nitrogens with zero attached hydrogens (tertiary/aromatic N) is 1. The number of nitrogens with one attached hydrogen (secondary N) is 2. The number of aromatic nitrogens is 1. The summed E-state index contributed by atoms with van der Waals surface area (Å²) in [7, 11) is 1.58. The Labute approximate surface area is 202 Å². The Balaban J connectivity index is 1.64. The lowest BCUT2D eigenvalue weighted by Gasteiger charge is -2.23. The maximum Gasteiger partial charge on any atom is 0.322 e. The number of benzene rings is 3. The second kappa shape index (κ2) is 10.7. The van der Waals surface area contributed by atoms with Gasteiger partial charge in [-0.2, -0.15) is 0 Å². The Kier molecular flexibility index (Phi) is 7.30. The molecule has 0 spiro atoms. The summed E-state index contributed by atoms with van der Waals surface area (Å²) in [5.41, 5.74) is 2.13. The van der Waals surface area contributed by atoms with E-state index < -0.39 is 11.8 Å². The molecule has 0 saturated heterocycles. The van der Waals surface area contributed by atoms with Gasteiger partial charge in [0.1, 0.15) is 17.3 Å². The van der Waals surface area contributed by atoms with Crippen LogP contribution in [0.25, 0.3) is 10.9 Å². The predicted octanol–water partition coefficient (Wildman–Crippen LogP) is 5.31. The van der Waals surface area contributed by atoms with Crippen LogP contribution < -0.4 is 20.3 Å². The van der Waals surface area contributed by atoms with Crippen molar-refractivity contribution in [1.82, 2.24) is 9.88 Å². The van der Waals surface area contributed by atoms with Crippen molar-refractivity contribution in [3.8, 4) is 11.5 Å². The number of anilines is 1. The molecule has 0 saturated carbocycles. The normalized spacial score (nSPS) is 10.7. The van der Waals surface area contributed by atoms with Crippen molar-refractivity contribution in [2.45, 2.75) is 20.0 Å². The van der Waals surface area contributed by atoms with Gasteiger partial charge in [0.25, 0.3) is 5.56 Å². The number of rotatable bonds is 8. The van der Waals surface area contributed by atoms with Crippen molar-refractivity contribution in [2.75, 3.05) is 19.0 Å². The molecule has 1 aromatic heterocycles. The molecular weight excluding hydrogens is 449 g/mol. The van der Waals surface area contributed by atoms with Crippen LogP contribution in [-0.2, 0) is 13.1 Å². The van der Waals surface area contributed by atoms with Crippen molar-refractivity contribution in [3.63, 3.8) is 0 Å². The molecule has 180 valence electrons. The third-order valence-electron chi connectivity index (χ3n) is 5.48. The summed E-state index contributed by atoms with van der Waals surface area (Å²) >= 11 is 0. The highest BCUT2D eigenvalue weighted by Gasteiger charge is 2.18. The fourth-order valence-electron chi connectivity index (χ4n) is 3.70. The zero-order chi connectivity index (χ0) is 24.8. The van der Waals surface area contributed by atoms with Crippen LogP contribution in [0.4, 0.5) is 14.9 Å². The number of fused-ring (bicyclic) bond motifs is 1. The lowest BCUT2D eigenvalue weighted by molar-refractivity contribution is 0.206. The van der Waals surface area contributed by atoms with Crippen molar-refractivity contribution in [3.05, 3.63) is 100 Å². The fourth-order valence-corrected chi connectivity index (χ4v) is 3.70. The molecule has 3 aromatic carbocycles. The van der Waals surface area contributed by atoms with E-state index in [0.717, 1.165) is 10.9 Å². The summed E-state index contributed by atoms with van der Waals surface area (Å²) in [6, 6.07) is 19.6. The first-order valence-electron chi connectivity index (χ1n) is 11.2. The number of urea groups is 1. The number of halogens is 1. The molecule has 0 atom stereocenters. The number of amides is 2. The van der Waals surface area contributed by atoms with Gasteiger partial charge in [-0.15, -0.1) is 0 Å². The minimum Gasteiger partial charge on any atom is -0.497 e. The summed E-state index contributed by atoms with van der Waals surface area (Å²) in [4.78, 5) is 30.4. The number of ether oxygens (including phenoxy) is 2. The number of hydrogen-bond acceptors (Lipinski definition) is 4. The van der Waals surface area contributed by atoms with E-state index in [4.69, 9.17) is 9.47 Å².